The van der Waals surface area contributed by atoms with Gasteiger partial charge >= 0.3 is 0 Å². The standard InChI is InChI=1S/C12H11N3O2/c1-7-9(5-13)3-11(4-10(7)6-14)17-8(2)12(15)16/h3-4,8H,1-2H3,(H2,15,16). The van der Waals surface area contributed by atoms with E-state index in [-0.39, 0.29) is 5.75 Å². The van der Waals surface area contributed by atoms with Gasteiger partial charge in [0.05, 0.1) is 23.3 Å². The summed E-state index contributed by atoms with van der Waals surface area (Å²) in [5.74, 6) is -0.322. The summed E-state index contributed by atoms with van der Waals surface area (Å²) in [5, 5.41) is 17.8. The number of amides is 1. The molecule has 0 saturated heterocycles. The Kier molecular flexibility index (Phi) is 3.69. The molecule has 1 aromatic rings. The summed E-state index contributed by atoms with van der Waals surface area (Å²) in [7, 11) is 0. The van der Waals surface area contributed by atoms with E-state index < -0.39 is 12.0 Å². The van der Waals surface area contributed by atoms with Crippen molar-refractivity contribution in [2.45, 2.75) is 20.0 Å². The number of nitrogens with two attached hydrogens (primary N) is 1. The van der Waals surface area contributed by atoms with Gasteiger partial charge in [-0.2, -0.15) is 10.5 Å². The van der Waals surface area contributed by atoms with Crippen LogP contribution in [0.1, 0.15) is 23.6 Å². The van der Waals surface area contributed by atoms with E-state index in [1.165, 1.54) is 19.1 Å². The summed E-state index contributed by atoms with van der Waals surface area (Å²) < 4.78 is 5.24. The third-order valence-corrected chi connectivity index (χ3v) is 2.34. The number of hydrogen-bond acceptors (Lipinski definition) is 4. The van der Waals surface area contributed by atoms with Crippen LogP contribution in [-0.2, 0) is 4.79 Å². The van der Waals surface area contributed by atoms with Gasteiger partial charge in [-0.05, 0) is 31.5 Å². The number of primary amides is 1. The van der Waals surface area contributed by atoms with Crippen LogP contribution in [0.15, 0.2) is 12.1 Å². The smallest absolute Gasteiger partial charge is 0.258 e. The number of rotatable bonds is 3. The zero-order valence-corrected chi connectivity index (χ0v) is 9.52. The number of hydrogen-bond donors (Lipinski definition) is 1. The van der Waals surface area contributed by atoms with Crippen LogP contribution in [0.4, 0.5) is 0 Å². The summed E-state index contributed by atoms with van der Waals surface area (Å²) >= 11 is 0. The molecule has 1 unspecified atom stereocenters. The molecule has 0 fully saturated rings. The van der Waals surface area contributed by atoms with Crippen LogP contribution < -0.4 is 10.5 Å². The lowest BCUT2D eigenvalue weighted by Crippen LogP contribution is -2.30. The lowest BCUT2D eigenvalue weighted by atomic mass is 10.0. The van der Waals surface area contributed by atoms with Crippen LogP contribution in [-0.4, -0.2) is 12.0 Å². The number of ether oxygens (including phenoxy) is 1. The van der Waals surface area contributed by atoms with E-state index in [2.05, 4.69) is 0 Å². The lowest BCUT2D eigenvalue weighted by molar-refractivity contribution is -0.123. The molecular formula is C12H11N3O2. The quantitative estimate of drug-likeness (QED) is 0.835. The fourth-order valence-corrected chi connectivity index (χ4v) is 1.25. The summed E-state index contributed by atoms with van der Waals surface area (Å²) in [6.45, 7) is 3.18. The number of nitriles is 2. The SMILES string of the molecule is Cc1c(C#N)cc(OC(C)C(N)=O)cc1C#N. The largest absolute Gasteiger partial charge is 0.481 e. The molecule has 0 aromatic heterocycles. The van der Waals surface area contributed by atoms with Crippen LogP contribution in [0.3, 0.4) is 0 Å². The van der Waals surface area contributed by atoms with Crippen molar-refractivity contribution in [1.82, 2.24) is 0 Å². The lowest BCUT2D eigenvalue weighted by Gasteiger charge is -2.12. The molecule has 0 heterocycles. The molecule has 5 nitrogen and oxygen atoms in total. The highest BCUT2D eigenvalue weighted by Gasteiger charge is 2.13. The average molecular weight is 229 g/mol. The van der Waals surface area contributed by atoms with Crippen LogP contribution in [0.5, 0.6) is 5.75 Å². The Labute approximate surface area is 99.0 Å². The van der Waals surface area contributed by atoms with E-state index in [0.717, 1.165) is 0 Å². The summed E-state index contributed by atoms with van der Waals surface area (Å²) in [4.78, 5) is 10.8. The van der Waals surface area contributed by atoms with E-state index in [4.69, 9.17) is 21.0 Å². The Morgan fingerprint density at radius 3 is 2.18 bits per heavy atom. The van der Waals surface area contributed by atoms with E-state index >= 15 is 0 Å². The van der Waals surface area contributed by atoms with Crippen LogP contribution in [0.25, 0.3) is 0 Å². The van der Waals surface area contributed by atoms with E-state index in [9.17, 15) is 4.79 Å². The maximum absolute atomic E-state index is 10.8. The Morgan fingerprint density at radius 2 is 1.82 bits per heavy atom. The average Bonchev–Trinajstić information content (AvgIpc) is 2.30. The summed E-state index contributed by atoms with van der Waals surface area (Å²) in [6.07, 6.45) is -0.809. The van der Waals surface area contributed by atoms with Crippen LogP contribution in [0.2, 0.25) is 0 Å². The fraction of sp³-hybridized carbons (Fsp3) is 0.250. The first-order valence-electron chi connectivity index (χ1n) is 4.90. The third kappa shape index (κ3) is 2.73. The second-order valence-corrected chi connectivity index (χ2v) is 3.53. The highest BCUT2D eigenvalue weighted by molar-refractivity contribution is 5.78. The van der Waals surface area contributed by atoms with Gasteiger partial charge in [0.1, 0.15) is 5.75 Å². The summed E-state index contributed by atoms with van der Waals surface area (Å²) in [6, 6.07) is 6.89. The number of carbonyl (C=O) groups excluding carboxylic acids is 1. The first kappa shape index (κ1) is 12.5. The van der Waals surface area contributed by atoms with Crippen LogP contribution in [0, 0.1) is 29.6 Å². The van der Waals surface area contributed by atoms with Crippen molar-refractivity contribution in [3.05, 3.63) is 28.8 Å². The second kappa shape index (κ2) is 5.00. The molecule has 5 heteroatoms. The zero-order valence-electron chi connectivity index (χ0n) is 9.52. The Morgan fingerprint density at radius 1 is 1.35 bits per heavy atom. The number of benzene rings is 1. The van der Waals surface area contributed by atoms with Gasteiger partial charge in [0.15, 0.2) is 6.10 Å². The predicted molar refractivity (Wildman–Crippen MR) is 59.9 cm³/mol. The van der Waals surface area contributed by atoms with Crippen LogP contribution >= 0.6 is 0 Å². The first-order valence-corrected chi connectivity index (χ1v) is 4.90. The number of carbonyl (C=O) groups is 1. The second-order valence-electron chi connectivity index (χ2n) is 3.53. The normalized spacial score (nSPS) is 11.1. The van der Waals surface area contributed by atoms with Gasteiger partial charge in [-0.15, -0.1) is 0 Å². The molecule has 0 bridgehead atoms. The van der Waals surface area contributed by atoms with E-state index in [1.807, 2.05) is 12.1 Å². The molecule has 0 radical (unpaired) electrons. The van der Waals surface area contributed by atoms with Crippen molar-refractivity contribution in [2.75, 3.05) is 0 Å². The molecule has 0 saturated carbocycles. The van der Waals surface area contributed by atoms with Gasteiger partial charge in [0.25, 0.3) is 5.91 Å². The highest BCUT2D eigenvalue weighted by Crippen LogP contribution is 2.22. The molecule has 86 valence electrons. The third-order valence-electron chi connectivity index (χ3n) is 2.34. The van der Waals surface area contributed by atoms with Crippen molar-refractivity contribution in [3.63, 3.8) is 0 Å². The monoisotopic (exact) mass is 229 g/mol. The van der Waals surface area contributed by atoms with Gasteiger partial charge in [0.2, 0.25) is 0 Å². The molecule has 1 rings (SSSR count). The van der Waals surface area contributed by atoms with Crippen molar-refractivity contribution in [1.29, 1.82) is 10.5 Å². The highest BCUT2D eigenvalue weighted by atomic mass is 16.5. The van der Waals surface area contributed by atoms with Gasteiger partial charge in [0, 0.05) is 0 Å². The van der Waals surface area contributed by atoms with E-state index in [1.54, 1.807) is 6.92 Å². The minimum absolute atomic E-state index is 0.287. The van der Waals surface area contributed by atoms with Gasteiger partial charge in [-0.25, -0.2) is 0 Å². The molecule has 2 N–H and O–H groups in total. The molecule has 0 spiro atoms. The van der Waals surface area contributed by atoms with Crippen molar-refractivity contribution in [2.24, 2.45) is 5.73 Å². The molecule has 1 amide bonds. The molecule has 0 aliphatic carbocycles. The molecule has 0 aliphatic heterocycles. The van der Waals surface area contributed by atoms with Crippen molar-refractivity contribution in [3.8, 4) is 17.9 Å². The molecule has 1 atom stereocenters. The maximum atomic E-state index is 10.8. The van der Waals surface area contributed by atoms with Crippen molar-refractivity contribution < 1.29 is 9.53 Å². The molecule has 1 aromatic carbocycles. The minimum Gasteiger partial charge on any atom is -0.481 e. The van der Waals surface area contributed by atoms with Crippen molar-refractivity contribution >= 4 is 5.91 Å². The molecule has 17 heavy (non-hydrogen) atoms. The predicted octanol–water partition coefficient (Wildman–Crippen LogP) is 0.991. The van der Waals surface area contributed by atoms with Gasteiger partial charge in [-0.1, -0.05) is 0 Å². The molecule has 0 aliphatic rings. The van der Waals surface area contributed by atoms with E-state index in [0.29, 0.717) is 16.7 Å². The van der Waals surface area contributed by atoms with Gasteiger partial charge in [-0.3, -0.25) is 4.79 Å². The maximum Gasteiger partial charge on any atom is 0.258 e. The Hall–Kier alpha value is -2.53. The minimum atomic E-state index is -0.809. The first-order chi connectivity index (χ1) is 7.99. The summed E-state index contributed by atoms with van der Waals surface area (Å²) in [5.41, 5.74) is 6.34. The zero-order chi connectivity index (χ0) is 13.0. The Bertz CT molecular complexity index is 503. The van der Waals surface area contributed by atoms with Gasteiger partial charge < -0.3 is 10.5 Å². The topological polar surface area (TPSA) is 99.9 Å². The molecular weight excluding hydrogens is 218 g/mol. The Balaban J connectivity index is 3.16. The fourth-order valence-electron chi connectivity index (χ4n) is 1.25. The number of nitrogens with zero attached hydrogens (tertiary/aromatic N) is 2.